The number of nitrogens with zero attached hydrogens (tertiary/aromatic N) is 2. The second-order valence-electron chi connectivity index (χ2n) is 8.52. The Balaban J connectivity index is 1.78. The summed E-state index contributed by atoms with van der Waals surface area (Å²) in [6.07, 6.45) is 1.72. The number of carbonyl (C=O) groups excluding carboxylic acids is 2. The van der Waals surface area contributed by atoms with E-state index in [4.69, 9.17) is 0 Å². The second-order valence-corrected chi connectivity index (χ2v) is 8.52. The molecule has 0 saturated carbocycles. The number of aromatic nitrogens is 1. The van der Waals surface area contributed by atoms with Crippen molar-refractivity contribution in [3.8, 4) is 11.1 Å². The Kier molecular flexibility index (Phi) is 7.46. The largest absolute Gasteiger partial charge is 0.392 e. The number of urea groups is 1. The summed E-state index contributed by atoms with van der Waals surface area (Å²) in [7, 11) is 3.44. The number of aliphatic hydroxyl groups excluding tert-OH is 1. The van der Waals surface area contributed by atoms with E-state index >= 15 is 0 Å². The Morgan fingerprint density at radius 1 is 0.972 bits per heavy atom. The van der Waals surface area contributed by atoms with Crippen LogP contribution < -0.4 is 16.0 Å². The van der Waals surface area contributed by atoms with Crippen molar-refractivity contribution in [2.75, 3.05) is 31.3 Å². The van der Waals surface area contributed by atoms with Crippen LogP contribution in [0.25, 0.3) is 21.9 Å². The molecule has 0 aliphatic carbocycles. The van der Waals surface area contributed by atoms with Gasteiger partial charge in [-0.25, -0.2) is 9.78 Å². The Morgan fingerprint density at radius 3 is 2.44 bits per heavy atom. The Hall–Kier alpha value is -4.43. The maximum atomic E-state index is 12.4. The van der Waals surface area contributed by atoms with Crippen LogP contribution in [0.5, 0.6) is 0 Å². The van der Waals surface area contributed by atoms with E-state index in [2.05, 4.69) is 20.9 Å². The molecule has 184 valence electrons. The van der Waals surface area contributed by atoms with Crippen molar-refractivity contribution in [3.63, 3.8) is 0 Å². The predicted octanol–water partition coefficient (Wildman–Crippen LogP) is 4.98. The average molecular weight is 484 g/mol. The number of anilines is 3. The van der Waals surface area contributed by atoms with Crippen LogP contribution in [0.1, 0.15) is 22.8 Å². The van der Waals surface area contributed by atoms with Gasteiger partial charge in [-0.3, -0.25) is 10.1 Å². The standard InChI is InChI=1S/C28H29N5O3/c1-4-29-28(36)32-26-15-23-22(19-10-8-18(17-34)9-11-19)12-13-25(24(23)16-30-26)31-21-7-5-6-20(14-21)27(35)33(2)3/h5-16,31,34H,4,17H2,1-3H3,(H2,29,30,32,36). The lowest BCUT2D eigenvalue weighted by Gasteiger charge is -2.16. The maximum Gasteiger partial charge on any atom is 0.320 e. The maximum absolute atomic E-state index is 12.4. The molecule has 0 bridgehead atoms. The molecule has 0 unspecified atom stereocenters. The average Bonchev–Trinajstić information content (AvgIpc) is 2.88. The minimum absolute atomic E-state index is 0.0240. The first-order valence-electron chi connectivity index (χ1n) is 11.7. The summed E-state index contributed by atoms with van der Waals surface area (Å²) in [4.78, 5) is 30.5. The van der Waals surface area contributed by atoms with E-state index in [9.17, 15) is 14.7 Å². The first-order chi connectivity index (χ1) is 17.4. The van der Waals surface area contributed by atoms with Crippen molar-refractivity contribution in [1.29, 1.82) is 0 Å². The van der Waals surface area contributed by atoms with E-state index in [0.717, 1.165) is 38.8 Å². The van der Waals surface area contributed by atoms with Crippen molar-refractivity contribution in [1.82, 2.24) is 15.2 Å². The highest BCUT2D eigenvalue weighted by molar-refractivity contribution is 6.06. The summed E-state index contributed by atoms with van der Waals surface area (Å²) >= 11 is 0. The van der Waals surface area contributed by atoms with Gasteiger partial charge in [0, 0.05) is 49.2 Å². The smallest absolute Gasteiger partial charge is 0.320 e. The van der Waals surface area contributed by atoms with E-state index in [1.54, 1.807) is 31.3 Å². The number of nitrogens with one attached hydrogen (secondary N) is 3. The number of benzene rings is 3. The topological polar surface area (TPSA) is 107 Å². The van der Waals surface area contributed by atoms with Gasteiger partial charge in [-0.05, 0) is 59.3 Å². The summed E-state index contributed by atoms with van der Waals surface area (Å²) in [6.45, 7) is 2.33. The van der Waals surface area contributed by atoms with Crippen molar-refractivity contribution in [2.24, 2.45) is 0 Å². The number of fused-ring (bicyclic) bond motifs is 1. The highest BCUT2D eigenvalue weighted by atomic mass is 16.3. The molecule has 0 aliphatic heterocycles. The van der Waals surface area contributed by atoms with E-state index in [1.165, 1.54) is 0 Å². The number of hydrogen-bond donors (Lipinski definition) is 4. The zero-order valence-corrected chi connectivity index (χ0v) is 20.5. The Bertz CT molecular complexity index is 1400. The lowest BCUT2D eigenvalue weighted by Crippen LogP contribution is -2.28. The molecule has 4 aromatic rings. The van der Waals surface area contributed by atoms with Crippen LogP contribution in [-0.2, 0) is 6.61 Å². The van der Waals surface area contributed by atoms with Gasteiger partial charge in [0.1, 0.15) is 5.82 Å². The van der Waals surface area contributed by atoms with E-state index < -0.39 is 0 Å². The minimum atomic E-state index is -0.324. The molecule has 8 nitrogen and oxygen atoms in total. The van der Waals surface area contributed by atoms with Gasteiger partial charge in [0.25, 0.3) is 5.91 Å². The third kappa shape index (κ3) is 5.45. The molecule has 1 heterocycles. The molecule has 3 aromatic carbocycles. The third-order valence-corrected chi connectivity index (χ3v) is 5.72. The van der Waals surface area contributed by atoms with Crippen molar-refractivity contribution >= 4 is 39.9 Å². The second kappa shape index (κ2) is 10.9. The summed E-state index contributed by atoms with van der Waals surface area (Å²) in [6, 6.07) is 20.5. The van der Waals surface area contributed by atoms with Crippen LogP contribution in [0, 0.1) is 0 Å². The van der Waals surface area contributed by atoms with Crippen LogP contribution in [-0.4, -0.2) is 47.6 Å². The lowest BCUT2D eigenvalue weighted by molar-refractivity contribution is 0.0827. The Labute approximate surface area is 210 Å². The predicted molar refractivity (Wildman–Crippen MR) is 144 cm³/mol. The molecular formula is C28H29N5O3. The van der Waals surface area contributed by atoms with Gasteiger partial charge < -0.3 is 20.6 Å². The summed E-state index contributed by atoms with van der Waals surface area (Å²) in [5, 5.41) is 20.0. The molecule has 4 N–H and O–H groups in total. The summed E-state index contributed by atoms with van der Waals surface area (Å²) < 4.78 is 0. The molecule has 4 rings (SSSR count). The van der Waals surface area contributed by atoms with Gasteiger partial charge in [-0.1, -0.05) is 36.4 Å². The zero-order chi connectivity index (χ0) is 25.7. The van der Waals surface area contributed by atoms with E-state index in [0.29, 0.717) is 17.9 Å². The van der Waals surface area contributed by atoms with Crippen LogP contribution in [0.15, 0.2) is 72.9 Å². The molecule has 0 spiro atoms. The van der Waals surface area contributed by atoms with Gasteiger partial charge in [-0.15, -0.1) is 0 Å². The molecule has 0 radical (unpaired) electrons. The first-order valence-corrected chi connectivity index (χ1v) is 11.7. The molecule has 36 heavy (non-hydrogen) atoms. The molecule has 1 aromatic heterocycles. The number of carbonyl (C=O) groups is 2. The molecule has 0 atom stereocenters. The highest BCUT2D eigenvalue weighted by Gasteiger charge is 2.13. The fourth-order valence-electron chi connectivity index (χ4n) is 3.92. The van der Waals surface area contributed by atoms with Crippen LogP contribution in [0.3, 0.4) is 0 Å². The van der Waals surface area contributed by atoms with Gasteiger partial charge in [-0.2, -0.15) is 0 Å². The van der Waals surface area contributed by atoms with Gasteiger partial charge in [0.2, 0.25) is 0 Å². The lowest BCUT2D eigenvalue weighted by atomic mass is 9.97. The molecule has 0 aliphatic rings. The number of hydrogen-bond acceptors (Lipinski definition) is 5. The van der Waals surface area contributed by atoms with Crippen LogP contribution >= 0.6 is 0 Å². The summed E-state index contributed by atoms with van der Waals surface area (Å²) in [5.41, 5.74) is 4.92. The normalized spacial score (nSPS) is 10.7. The highest BCUT2D eigenvalue weighted by Crippen LogP contribution is 2.35. The number of pyridine rings is 1. The number of aliphatic hydroxyl groups is 1. The number of amides is 3. The monoisotopic (exact) mass is 483 g/mol. The van der Waals surface area contributed by atoms with E-state index in [1.807, 2.05) is 67.6 Å². The van der Waals surface area contributed by atoms with E-state index in [-0.39, 0.29) is 18.5 Å². The molecule has 3 amide bonds. The van der Waals surface area contributed by atoms with Crippen molar-refractivity contribution in [3.05, 3.63) is 84.1 Å². The van der Waals surface area contributed by atoms with Gasteiger partial charge in [0.05, 0.1) is 6.61 Å². The van der Waals surface area contributed by atoms with Crippen molar-refractivity contribution < 1.29 is 14.7 Å². The quantitative estimate of drug-likeness (QED) is 0.297. The Morgan fingerprint density at radius 2 is 1.75 bits per heavy atom. The SMILES string of the molecule is CCNC(=O)Nc1cc2c(-c3ccc(CO)cc3)ccc(Nc3cccc(C(=O)N(C)C)c3)c2cn1. The van der Waals surface area contributed by atoms with Gasteiger partial charge in [0.15, 0.2) is 0 Å². The van der Waals surface area contributed by atoms with Crippen LogP contribution in [0.2, 0.25) is 0 Å². The fourth-order valence-corrected chi connectivity index (χ4v) is 3.92. The molecule has 0 fully saturated rings. The molecule has 0 saturated heterocycles. The van der Waals surface area contributed by atoms with Gasteiger partial charge >= 0.3 is 6.03 Å². The molecule has 8 heteroatoms. The van der Waals surface area contributed by atoms with Crippen LogP contribution in [0.4, 0.5) is 22.0 Å². The molecular weight excluding hydrogens is 454 g/mol. The third-order valence-electron chi connectivity index (χ3n) is 5.72. The minimum Gasteiger partial charge on any atom is -0.392 e. The number of rotatable bonds is 7. The zero-order valence-electron chi connectivity index (χ0n) is 20.5. The summed E-state index contributed by atoms with van der Waals surface area (Å²) in [5.74, 6) is 0.352. The fraction of sp³-hybridized carbons (Fsp3) is 0.179. The van der Waals surface area contributed by atoms with Crippen molar-refractivity contribution in [2.45, 2.75) is 13.5 Å². The first kappa shape index (κ1) is 24.7.